The lowest BCUT2D eigenvalue weighted by Crippen LogP contribution is -2.36. The van der Waals surface area contributed by atoms with E-state index in [1.165, 1.54) is 16.7 Å². The summed E-state index contributed by atoms with van der Waals surface area (Å²) in [6.45, 7) is 4.46. The molecule has 0 aromatic heterocycles. The zero-order chi connectivity index (χ0) is 15.1. The van der Waals surface area contributed by atoms with Crippen LogP contribution in [0.25, 0.3) is 0 Å². The highest BCUT2D eigenvalue weighted by molar-refractivity contribution is 5.25. The predicted octanol–water partition coefficient (Wildman–Crippen LogP) is 3.50. The van der Waals surface area contributed by atoms with Gasteiger partial charge < -0.3 is 10.4 Å². The number of nitrogens with one attached hydrogen (secondary N) is 1. The largest absolute Gasteiger partial charge is 0.395 e. The average Bonchev–Trinajstić information content (AvgIpc) is 2.55. The standard InChI is InChI=1S/C19H25NO/c1-3-16-9-11-18(12-10-16)15(2)20-19(14-21)13-17-7-5-4-6-8-17/h4-12,15,19-21H,3,13-14H2,1-2H3. The van der Waals surface area contributed by atoms with Gasteiger partial charge in [-0.25, -0.2) is 0 Å². The maximum Gasteiger partial charge on any atom is 0.0588 e. The number of hydrogen-bond acceptors (Lipinski definition) is 2. The second-order valence-corrected chi connectivity index (χ2v) is 5.55. The van der Waals surface area contributed by atoms with Crippen LogP contribution >= 0.6 is 0 Å². The molecule has 0 amide bonds. The summed E-state index contributed by atoms with van der Waals surface area (Å²) in [5.41, 5.74) is 3.87. The van der Waals surface area contributed by atoms with Crippen molar-refractivity contribution in [2.45, 2.75) is 38.8 Å². The van der Waals surface area contributed by atoms with E-state index in [9.17, 15) is 5.11 Å². The van der Waals surface area contributed by atoms with Crippen LogP contribution in [0.1, 0.15) is 36.6 Å². The molecule has 0 aliphatic heterocycles. The fraction of sp³-hybridized carbons (Fsp3) is 0.368. The fourth-order valence-corrected chi connectivity index (χ4v) is 2.57. The van der Waals surface area contributed by atoms with Gasteiger partial charge in [-0.1, -0.05) is 61.5 Å². The van der Waals surface area contributed by atoms with Crippen molar-refractivity contribution in [2.75, 3.05) is 6.61 Å². The topological polar surface area (TPSA) is 32.3 Å². The minimum absolute atomic E-state index is 0.0771. The van der Waals surface area contributed by atoms with Crippen molar-refractivity contribution in [3.05, 3.63) is 71.3 Å². The van der Waals surface area contributed by atoms with E-state index in [0.717, 1.165) is 12.8 Å². The Hall–Kier alpha value is -1.64. The summed E-state index contributed by atoms with van der Waals surface area (Å²) >= 11 is 0. The highest BCUT2D eigenvalue weighted by Crippen LogP contribution is 2.15. The molecule has 21 heavy (non-hydrogen) atoms. The van der Waals surface area contributed by atoms with Gasteiger partial charge in [0.25, 0.3) is 0 Å². The molecule has 2 unspecified atom stereocenters. The first-order valence-corrected chi connectivity index (χ1v) is 7.72. The Morgan fingerprint density at radius 3 is 2.19 bits per heavy atom. The molecule has 112 valence electrons. The minimum atomic E-state index is 0.0771. The lowest BCUT2D eigenvalue weighted by atomic mass is 10.0. The summed E-state index contributed by atoms with van der Waals surface area (Å²) in [5.74, 6) is 0. The summed E-state index contributed by atoms with van der Waals surface area (Å²) in [4.78, 5) is 0. The number of aryl methyl sites for hydroxylation is 1. The van der Waals surface area contributed by atoms with Gasteiger partial charge in [0.15, 0.2) is 0 Å². The van der Waals surface area contributed by atoms with Crippen molar-refractivity contribution < 1.29 is 5.11 Å². The predicted molar refractivity (Wildman–Crippen MR) is 88.4 cm³/mol. The van der Waals surface area contributed by atoms with Gasteiger partial charge in [-0.15, -0.1) is 0 Å². The average molecular weight is 283 g/mol. The maximum atomic E-state index is 9.60. The van der Waals surface area contributed by atoms with E-state index in [4.69, 9.17) is 0 Å². The summed E-state index contributed by atoms with van der Waals surface area (Å²) in [6.07, 6.45) is 1.91. The molecule has 2 atom stereocenters. The van der Waals surface area contributed by atoms with Crippen LogP contribution in [0, 0.1) is 0 Å². The molecule has 0 radical (unpaired) electrons. The zero-order valence-electron chi connectivity index (χ0n) is 12.9. The van der Waals surface area contributed by atoms with Gasteiger partial charge in [0, 0.05) is 12.1 Å². The van der Waals surface area contributed by atoms with Crippen molar-refractivity contribution in [1.82, 2.24) is 5.32 Å². The molecule has 2 N–H and O–H groups in total. The molecule has 0 spiro atoms. The Morgan fingerprint density at radius 2 is 1.62 bits per heavy atom. The highest BCUT2D eigenvalue weighted by Gasteiger charge is 2.13. The molecule has 2 aromatic rings. The maximum absolute atomic E-state index is 9.60. The Bertz CT molecular complexity index is 521. The second-order valence-electron chi connectivity index (χ2n) is 5.55. The van der Waals surface area contributed by atoms with Gasteiger partial charge >= 0.3 is 0 Å². The monoisotopic (exact) mass is 283 g/mol. The number of rotatable bonds is 7. The fourth-order valence-electron chi connectivity index (χ4n) is 2.57. The summed E-state index contributed by atoms with van der Waals surface area (Å²) in [7, 11) is 0. The van der Waals surface area contributed by atoms with Crippen LogP contribution in [0.3, 0.4) is 0 Å². The van der Waals surface area contributed by atoms with Crippen LogP contribution in [0.5, 0.6) is 0 Å². The Labute approximate surface area is 127 Å². The Morgan fingerprint density at radius 1 is 0.952 bits per heavy atom. The van der Waals surface area contributed by atoms with Crippen molar-refractivity contribution in [1.29, 1.82) is 0 Å². The van der Waals surface area contributed by atoms with Crippen LogP contribution in [-0.4, -0.2) is 17.8 Å². The molecule has 0 saturated carbocycles. The zero-order valence-corrected chi connectivity index (χ0v) is 12.9. The van der Waals surface area contributed by atoms with Gasteiger partial charge in [-0.3, -0.25) is 0 Å². The van der Waals surface area contributed by atoms with Crippen molar-refractivity contribution in [3.63, 3.8) is 0 Å². The molecule has 0 fully saturated rings. The molecule has 2 heteroatoms. The van der Waals surface area contributed by atoms with Gasteiger partial charge in [-0.2, -0.15) is 0 Å². The van der Waals surface area contributed by atoms with E-state index in [-0.39, 0.29) is 18.7 Å². The van der Waals surface area contributed by atoms with Gasteiger partial charge in [0.1, 0.15) is 0 Å². The van der Waals surface area contributed by atoms with Crippen molar-refractivity contribution >= 4 is 0 Å². The third-order valence-corrected chi connectivity index (χ3v) is 3.92. The van der Waals surface area contributed by atoms with Crippen LogP contribution < -0.4 is 5.32 Å². The highest BCUT2D eigenvalue weighted by atomic mass is 16.3. The molecule has 0 heterocycles. The van der Waals surface area contributed by atoms with E-state index in [1.807, 2.05) is 18.2 Å². The third-order valence-electron chi connectivity index (χ3n) is 3.92. The van der Waals surface area contributed by atoms with Crippen LogP contribution in [-0.2, 0) is 12.8 Å². The number of aliphatic hydroxyl groups is 1. The third kappa shape index (κ3) is 4.69. The van der Waals surface area contributed by atoms with E-state index < -0.39 is 0 Å². The molecule has 0 bridgehead atoms. The number of aliphatic hydroxyl groups excluding tert-OH is 1. The normalized spacial score (nSPS) is 13.9. The second kappa shape index (κ2) is 7.96. The lowest BCUT2D eigenvalue weighted by Gasteiger charge is -2.22. The van der Waals surface area contributed by atoms with Gasteiger partial charge in [-0.05, 0) is 36.5 Å². The summed E-state index contributed by atoms with van der Waals surface area (Å²) < 4.78 is 0. The Balaban J connectivity index is 1.96. The van der Waals surface area contributed by atoms with Gasteiger partial charge in [0.05, 0.1) is 6.61 Å². The molecule has 2 rings (SSSR count). The molecule has 0 aliphatic carbocycles. The lowest BCUT2D eigenvalue weighted by molar-refractivity contribution is 0.232. The van der Waals surface area contributed by atoms with Crippen molar-refractivity contribution in [2.24, 2.45) is 0 Å². The van der Waals surface area contributed by atoms with Crippen LogP contribution in [0.15, 0.2) is 54.6 Å². The summed E-state index contributed by atoms with van der Waals surface area (Å²) in [6, 6.07) is 19.3. The molecule has 0 aliphatic rings. The molecular formula is C19H25NO. The summed E-state index contributed by atoms with van der Waals surface area (Å²) in [5, 5.41) is 13.1. The van der Waals surface area contributed by atoms with E-state index in [1.54, 1.807) is 0 Å². The van der Waals surface area contributed by atoms with E-state index in [0.29, 0.717) is 0 Å². The first kappa shape index (κ1) is 15.7. The smallest absolute Gasteiger partial charge is 0.0588 e. The first-order chi connectivity index (χ1) is 10.2. The van der Waals surface area contributed by atoms with E-state index in [2.05, 4.69) is 55.6 Å². The first-order valence-electron chi connectivity index (χ1n) is 7.72. The van der Waals surface area contributed by atoms with Crippen molar-refractivity contribution in [3.8, 4) is 0 Å². The Kier molecular flexibility index (Phi) is 5.97. The molecular weight excluding hydrogens is 258 g/mol. The van der Waals surface area contributed by atoms with Crippen LogP contribution in [0.2, 0.25) is 0 Å². The number of benzene rings is 2. The quantitative estimate of drug-likeness (QED) is 0.815. The van der Waals surface area contributed by atoms with E-state index >= 15 is 0 Å². The van der Waals surface area contributed by atoms with Gasteiger partial charge in [0.2, 0.25) is 0 Å². The minimum Gasteiger partial charge on any atom is -0.395 e. The molecule has 2 nitrogen and oxygen atoms in total. The molecule has 0 saturated heterocycles. The SMILES string of the molecule is CCc1ccc(C(C)NC(CO)Cc2ccccc2)cc1. The van der Waals surface area contributed by atoms with Crippen LogP contribution in [0.4, 0.5) is 0 Å². The molecule has 2 aromatic carbocycles. The number of hydrogen-bond donors (Lipinski definition) is 2.